The van der Waals surface area contributed by atoms with Crippen molar-refractivity contribution in [2.45, 2.75) is 13.3 Å². The second-order valence-corrected chi connectivity index (χ2v) is 4.59. The van der Waals surface area contributed by atoms with E-state index in [1.807, 2.05) is 24.8 Å². The number of hydrogen-bond acceptors (Lipinski definition) is 5. The normalized spacial score (nSPS) is 11.1. The summed E-state index contributed by atoms with van der Waals surface area (Å²) in [5.41, 5.74) is 1.07. The van der Waals surface area contributed by atoms with Crippen LogP contribution in [-0.4, -0.2) is 23.0 Å². The van der Waals surface area contributed by atoms with Crippen molar-refractivity contribution in [1.29, 1.82) is 5.26 Å². The lowest BCUT2D eigenvalue weighted by Crippen LogP contribution is -2.13. The molecule has 1 aromatic heterocycles. The van der Waals surface area contributed by atoms with Crippen LogP contribution in [0.2, 0.25) is 0 Å². The van der Waals surface area contributed by atoms with Gasteiger partial charge in [-0.1, -0.05) is 11.8 Å². The van der Waals surface area contributed by atoms with Gasteiger partial charge in [-0.05, 0) is 13.2 Å². The molecule has 1 aromatic rings. The van der Waals surface area contributed by atoms with Gasteiger partial charge < -0.3 is 0 Å². The third kappa shape index (κ3) is 4.32. The summed E-state index contributed by atoms with van der Waals surface area (Å²) in [5, 5.41) is 14.7. The van der Waals surface area contributed by atoms with E-state index in [0.29, 0.717) is 11.7 Å². The summed E-state index contributed by atoms with van der Waals surface area (Å²) >= 11 is 3.08. The minimum atomic E-state index is 0.657. The van der Waals surface area contributed by atoms with E-state index in [4.69, 9.17) is 5.26 Å². The highest BCUT2D eigenvalue weighted by atomic mass is 32.2. The topological polar surface area (TPSA) is 61.1 Å². The maximum Gasteiger partial charge on any atom is 0.183 e. The molecule has 0 atom stereocenters. The molecule has 0 bridgehead atoms. The van der Waals surface area contributed by atoms with Crippen molar-refractivity contribution in [2.24, 2.45) is 4.99 Å². The molecule has 0 saturated heterocycles. The third-order valence-corrected chi connectivity index (χ3v) is 3.09. The van der Waals surface area contributed by atoms with Crippen molar-refractivity contribution in [2.75, 3.05) is 12.8 Å². The number of amidine groups is 1. The number of aryl methyl sites for hydroxylation is 1. The number of thiazole rings is 1. The van der Waals surface area contributed by atoms with Gasteiger partial charge in [-0.15, -0.1) is 11.3 Å². The number of aromatic nitrogens is 1. The predicted octanol–water partition coefficient (Wildman–Crippen LogP) is 1.78. The van der Waals surface area contributed by atoms with Gasteiger partial charge in [0.1, 0.15) is 0 Å². The summed E-state index contributed by atoms with van der Waals surface area (Å²) in [6, 6.07) is 0. The molecule has 1 heterocycles. The molecule has 0 fully saturated rings. The first-order chi connectivity index (χ1) is 7.26. The van der Waals surface area contributed by atoms with E-state index in [1.165, 1.54) is 11.8 Å². The summed E-state index contributed by atoms with van der Waals surface area (Å²) < 4.78 is 0. The Balaban J connectivity index is 2.40. The van der Waals surface area contributed by atoms with Crippen molar-refractivity contribution < 1.29 is 0 Å². The molecule has 0 saturated carbocycles. The van der Waals surface area contributed by atoms with Crippen molar-refractivity contribution >= 4 is 28.3 Å². The summed E-state index contributed by atoms with van der Waals surface area (Å²) in [6.07, 6.45) is 4.56. The van der Waals surface area contributed by atoms with Crippen molar-refractivity contribution in [3.05, 3.63) is 16.1 Å². The number of rotatable bonds is 3. The van der Waals surface area contributed by atoms with Crippen LogP contribution in [0, 0.1) is 18.4 Å². The lowest BCUT2D eigenvalue weighted by molar-refractivity contribution is 0.927. The standard InChI is InChI=1S/C9H12N4S2/c1-7-13-8(5-15-7)3-4-11-9(14-2)12-6-10/h5H,3-4H2,1-2H3,(H,11,12). The Labute approximate surface area is 97.4 Å². The minimum Gasteiger partial charge on any atom is -0.272 e. The number of nitriles is 1. The molecule has 0 aliphatic rings. The monoisotopic (exact) mass is 240 g/mol. The number of nitrogens with one attached hydrogen (secondary N) is 1. The van der Waals surface area contributed by atoms with Crippen LogP contribution in [0.1, 0.15) is 10.7 Å². The van der Waals surface area contributed by atoms with E-state index in [-0.39, 0.29) is 0 Å². The molecule has 4 nitrogen and oxygen atoms in total. The van der Waals surface area contributed by atoms with Crippen LogP contribution in [0.4, 0.5) is 0 Å². The molecule has 1 N–H and O–H groups in total. The molecule has 0 spiro atoms. The molecular formula is C9H12N4S2. The molecule has 15 heavy (non-hydrogen) atoms. The fraction of sp³-hybridized carbons (Fsp3) is 0.444. The molecule has 1 rings (SSSR count). The van der Waals surface area contributed by atoms with Gasteiger partial charge in [0, 0.05) is 18.3 Å². The lowest BCUT2D eigenvalue weighted by Gasteiger charge is -1.98. The Bertz CT molecular complexity index is 378. The fourth-order valence-corrected chi connectivity index (χ4v) is 2.01. The van der Waals surface area contributed by atoms with Crippen LogP contribution in [0.25, 0.3) is 0 Å². The number of nitrogens with zero attached hydrogens (tertiary/aromatic N) is 3. The van der Waals surface area contributed by atoms with Crippen molar-refractivity contribution in [3.8, 4) is 6.19 Å². The Morgan fingerprint density at radius 2 is 2.60 bits per heavy atom. The molecule has 0 amide bonds. The summed E-state index contributed by atoms with van der Waals surface area (Å²) in [5.74, 6) is 0. The maximum absolute atomic E-state index is 8.42. The van der Waals surface area contributed by atoms with E-state index in [9.17, 15) is 0 Å². The van der Waals surface area contributed by atoms with Gasteiger partial charge in [0.25, 0.3) is 0 Å². The smallest absolute Gasteiger partial charge is 0.183 e. The average Bonchev–Trinajstić information content (AvgIpc) is 2.63. The van der Waals surface area contributed by atoms with Gasteiger partial charge in [-0.3, -0.25) is 10.3 Å². The molecule has 0 aliphatic heterocycles. The Morgan fingerprint density at radius 3 is 3.13 bits per heavy atom. The van der Waals surface area contributed by atoms with Crippen LogP contribution in [0.3, 0.4) is 0 Å². The van der Waals surface area contributed by atoms with Gasteiger partial charge in [-0.25, -0.2) is 4.98 Å². The third-order valence-electron chi connectivity index (χ3n) is 1.65. The molecule has 6 heteroatoms. The predicted molar refractivity (Wildman–Crippen MR) is 65.1 cm³/mol. The number of thioether (sulfide) groups is 1. The number of hydrogen-bond donors (Lipinski definition) is 1. The number of aliphatic imine (C=N–C) groups is 1. The van der Waals surface area contributed by atoms with Gasteiger partial charge in [0.05, 0.1) is 10.7 Å². The zero-order chi connectivity index (χ0) is 11.1. The van der Waals surface area contributed by atoms with E-state index in [0.717, 1.165) is 17.1 Å². The summed E-state index contributed by atoms with van der Waals surface area (Å²) in [4.78, 5) is 8.58. The van der Waals surface area contributed by atoms with Crippen molar-refractivity contribution in [3.63, 3.8) is 0 Å². The van der Waals surface area contributed by atoms with E-state index in [1.54, 1.807) is 11.3 Å². The molecule has 0 radical (unpaired) electrons. The zero-order valence-electron chi connectivity index (χ0n) is 8.65. The zero-order valence-corrected chi connectivity index (χ0v) is 10.3. The highest BCUT2D eigenvalue weighted by molar-refractivity contribution is 8.13. The van der Waals surface area contributed by atoms with Gasteiger partial charge in [-0.2, -0.15) is 5.26 Å². The second kappa shape index (κ2) is 6.43. The van der Waals surface area contributed by atoms with Crippen LogP contribution < -0.4 is 5.32 Å². The summed E-state index contributed by atoms with van der Waals surface area (Å²) in [7, 11) is 0. The van der Waals surface area contributed by atoms with Crippen LogP contribution >= 0.6 is 23.1 Å². The molecule has 0 unspecified atom stereocenters. The Hall–Kier alpha value is -1.06. The van der Waals surface area contributed by atoms with Crippen LogP contribution in [0.15, 0.2) is 10.4 Å². The van der Waals surface area contributed by atoms with Gasteiger partial charge >= 0.3 is 0 Å². The SMILES string of the molecule is CSC(=NCCc1csc(C)n1)NC#N. The minimum absolute atomic E-state index is 0.657. The maximum atomic E-state index is 8.42. The lowest BCUT2D eigenvalue weighted by atomic mass is 10.3. The van der Waals surface area contributed by atoms with E-state index < -0.39 is 0 Å². The fourth-order valence-electron chi connectivity index (χ4n) is 0.998. The van der Waals surface area contributed by atoms with E-state index in [2.05, 4.69) is 15.3 Å². The highest BCUT2D eigenvalue weighted by Crippen LogP contribution is 2.08. The first-order valence-electron chi connectivity index (χ1n) is 4.41. The quantitative estimate of drug-likeness (QED) is 0.379. The van der Waals surface area contributed by atoms with Crippen LogP contribution in [-0.2, 0) is 6.42 Å². The van der Waals surface area contributed by atoms with Crippen molar-refractivity contribution in [1.82, 2.24) is 10.3 Å². The van der Waals surface area contributed by atoms with E-state index >= 15 is 0 Å². The van der Waals surface area contributed by atoms with Gasteiger partial charge in [0.2, 0.25) is 0 Å². The Morgan fingerprint density at radius 1 is 1.80 bits per heavy atom. The first-order valence-corrected chi connectivity index (χ1v) is 6.51. The first kappa shape index (κ1) is 12.0. The second-order valence-electron chi connectivity index (χ2n) is 2.74. The average molecular weight is 240 g/mol. The largest absolute Gasteiger partial charge is 0.272 e. The molecular weight excluding hydrogens is 228 g/mol. The molecule has 0 aromatic carbocycles. The molecule has 0 aliphatic carbocycles. The van der Waals surface area contributed by atoms with Gasteiger partial charge in [0.15, 0.2) is 11.4 Å². The van der Waals surface area contributed by atoms with Crippen LogP contribution in [0.5, 0.6) is 0 Å². The highest BCUT2D eigenvalue weighted by Gasteiger charge is 1.98. The Kier molecular flexibility index (Phi) is 5.15. The molecule has 80 valence electrons. The summed E-state index contributed by atoms with van der Waals surface area (Å²) in [6.45, 7) is 2.65.